The van der Waals surface area contributed by atoms with Gasteiger partial charge in [-0.15, -0.1) is 0 Å². The molecule has 4 atom stereocenters. The molecule has 0 radical (unpaired) electrons. The molecule has 1 aromatic rings. The van der Waals surface area contributed by atoms with E-state index < -0.39 is 17.8 Å². The van der Waals surface area contributed by atoms with Crippen LogP contribution in [0.3, 0.4) is 0 Å². The summed E-state index contributed by atoms with van der Waals surface area (Å²) < 4.78 is 0. The first kappa shape index (κ1) is 14.4. The molecule has 1 fully saturated rings. The number of amides is 1. The Hall–Kier alpha value is -1.52. The van der Waals surface area contributed by atoms with Gasteiger partial charge in [-0.2, -0.15) is 0 Å². The van der Waals surface area contributed by atoms with Gasteiger partial charge in [-0.25, -0.2) is 0 Å². The molecular weight excluding hydrogens is 313 g/mol. The molecule has 0 unspecified atom stereocenters. The van der Waals surface area contributed by atoms with Crippen LogP contribution in [-0.2, 0) is 9.59 Å². The second kappa shape index (κ2) is 5.35. The number of fused-ring (bicyclic) bond motifs is 2. The Morgan fingerprint density at radius 2 is 1.81 bits per heavy atom. The van der Waals surface area contributed by atoms with Gasteiger partial charge in [-0.3, -0.25) is 9.59 Å². The minimum atomic E-state index is -0.927. The fourth-order valence-corrected chi connectivity index (χ4v) is 3.68. The Labute approximate surface area is 131 Å². The van der Waals surface area contributed by atoms with E-state index in [1.807, 2.05) is 12.2 Å². The van der Waals surface area contributed by atoms with Crippen LogP contribution in [0.1, 0.15) is 6.42 Å². The summed E-state index contributed by atoms with van der Waals surface area (Å²) in [6.45, 7) is 0. The van der Waals surface area contributed by atoms with E-state index in [-0.39, 0.29) is 22.8 Å². The van der Waals surface area contributed by atoms with Crippen LogP contribution in [0.5, 0.6) is 0 Å². The molecule has 2 aliphatic rings. The Kier molecular flexibility index (Phi) is 3.68. The van der Waals surface area contributed by atoms with Gasteiger partial charge in [0.2, 0.25) is 5.91 Å². The summed E-state index contributed by atoms with van der Waals surface area (Å²) >= 11 is 12.0. The highest BCUT2D eigenvalue weighted by Gasteiger charge is 2.51. The zero-order valence-electron chi connectivity index (χ0n) is 10.9. The van der Waals surface area contributed by atoms with Crippen LogP contribution in [0, 0.1) is 23.7 Å². The maximum atomic E-state index is 12.5. The molecule has 1 amide bonds. The van der Waals surface area contributed by atoms with Gasteiger partial charge in [-0.05, 0) is 30.4 Å². The first-order valence-electron chi connectivity index (χ1n) is 6.65. The molecule has 3 rings (SSSR count). The van der Waals surface area contributed by atoms with Gasteiger partial charge in [0, 0.05) is 0 Å². The molecule has 4 nitrogen and oxygen atoms in total. The molecule has 6 heteroatoms. The second-order valence-electron chi connectivity index (χ2n) is 5.43. The molecule has 2 bridgehead atoms. The fourth-order valence-electron chi connectivity index (χ4n) is 3.33. The van der Waals surface area contributed by atoms with Crippen molar-refractivity contribution in [2.24, 2.45) is 23.7 Å². The SMILES string of the molecule is O=C(O)[C@@H]1[C@H](C(=O)Nc2cccc(Cl)c2Cl)[C@@H]2C=C[C@H]1C2. The van der Waals surface area contributed by atoms with E-state index in [0.717, 1.165) is 6.42 Å². The quantitative estimate of drug-likeness (QED) is 0.836. The molecule has 0 saturated heterocycles. The van der Waals surface area contributed by atoms with E-state index in [1.165, 1.54) is 0 Å². The van der Waals surface area contributed by atoms with E-state index >= 15 is 0 Å². The average molecular weight is 326 g/mol. The summed E-state index contributed by atoms with van der Waals surface area (Å²) in [6.07, 6.45) is 4.56. The number of aliphatic carboxylic acids is 1. The number of halogens is 2. The Morgan fingerprint density at radius 1 is 1.14 bits per heavy atom. The van der Waals surface area contributed by atoms with E-state index in [0.29, 0.717) is 10.7 Å². The van der Waals surface area contributed by atoms with Gasteiger partial charge in [0.05, 0.1) is 27.6 Å². The largest absolute Gasteiger partial charge is 0.481 e. The number of nitrogens with one attached hydrogen (secondary N) is 1. The normalized spacial score (nSPS) is 29.6. The van der Waals surface area contributed by atoms with Gasteiger partial charge in [-0.1, -0.05) is 41.4 Å². The van der Waals surface area contributed by atoms with Crippen LogP contribution in [-0.4, -0.2) is 17.0 Å². The molecule has 110 valence electrons. The maximum absolute atomic E-state index is 12.5. The number of carboxylic acids is 1. The molecule has 0 spiro atoms. The first-order valence-corrected chi connectivity index (χ1v) is 7.40. The Balaban J connectivity index is 1.84. The van der Waals surface area contributed by atoms with E-state index in [2.05, 4.69) is 5.32 Å². The molecule has 0 heterocycles. The summed E-state index contributed by atoms with van der Waals surface area (Å²) in [7, 11) is 0. The van der Waals surface area contributed by atoms with Gasteiger partial charge >= 0.3 is 5.97 Å². The van der Waals surface area contributed by atoms with Crippen molar-refractivity contribution in [1.29, 1.82) is 0 Å². The zero-order valence-corrected chi connectivity index (χ0v) is 12.4. The molecule has 1 aromatic carbocycles. The third-order valence-corrected chi connectivity index (χ3v) is 5.08. The van der Waals surface area contributed by atoms with Crippen molar-refractivity contribution in [3.8, 4) is 0 Å². The van der Waals surface area contributed by atoms with Crippen molar-refractivity contribution in [3.05, 3.63) is 40.4 Å². The lowest BCUT2D eigenvalue weighted by Crippen LogP contribution is -2.36. The van der Waals surface area contributed by atoms with Crippen molar-refractivity contribution >= 4 is 40.8 Å². The number of benzene rings is 1. The number of hydrogen-bond acceptors (Lipinski definition) is 2. The minimum absolute atomic E-state index is 0.0194. The Bertz CT molecular complexity index is 644. The van der Waals surface area contributed by atoms with Crippen LogP contribution >= 0.6 is 23.2 Å². The highest BCUT2D eigenvalue weighted by molar-refractivity contribution is 6.44. The third kappa shape index (κ3) is 2.43. The third-order valence-electron chi connectivity index (χ3n) is 4.26. The summed E-state index contributed by atoms with van der Waals surface area (Å²) in [4.78, 5) is 23.9. The number of carbonyl (C=O) groups is 2. The summed E-state index contributed by atoms with van der Waals surface area (Å²) in [5, 5.41) is 12.7. The number of hydrogen-bond donors (Lipinski definition) is 2. The van der Waals surface area contributed by atoms with Crippen LogP contribution in [0.15, 0.2) is 30.4 Å². The number of rotatable bonds is 3. The molecule has 1 saturated carbocycles. The maximum Gasteiger partial charge on any atom is 0.307 e. The smallest absolute Gasteiger partial charge is 0.307 e. The van der Waals surface area contributed by atoms with Gasteiger partial charge in [0.25, 0.3) is 0 Å². The predicted octanol–water partition coefficient (Wildman–Crippen LogP) is 3.45. The monoisotopic (exact) mass is 325 g/mol. The molecule has 2 aliphatic carbocycles. The Morgan fingerprint density at radius 3 is 2.48 bits per heavy atom. The lowest BCUT2D eigenvalue weighted by atomic mass is 9.82. The van der Waals surface area contributed by atoms with Crippen molar-refractivity contribution in [2.75, 3.05) is 5.32 Å². The van der Waals surface area contributed by atoms with Crippen LogP contribution in [0.2, 0.25) is 10.0 Å². The topological polar surface area (TPSA) is 66.4 Å². The fraction of sp³-hybridized carbons (Fsp3) is 0.333. The predicted molar refractivity (Wildman–Crippen MR) is 80.4 cm³/mol. The lowest BCUT2D eigenvalue weighted by Gasteiger charge is -2.24. The summed E-state index contributed by atoms with van der Waals surface area (Å²) in [5.41, 5.74) is 0.407. The van der Waals surface area contributed by atoms with E-state index in [4.69, 9.17) is 23.2 Å². The lowest BCUT2D eigenvalue weighted by molar-refractivity contribution is -0.146. The number of anilines is 1. The summed E-state index contributed by atoms with van der Waals surface area (Å²) in [6, 6.07) is 4.95. The summed E-state index contributed by atoms with van der Waals surface area (Å²) in [5.74, 6) is -2.55. The second-order valence-corrected chi connectivity index (χ2v) is 6.21. The molecule has 0 aliphatic heterocycles. The molecular formula is C15H13Cl2NO3. The van der Waals surface area contributed by atoms with Crippen LogP contribution in [0.25, 0.3) is 0 Å². The average Bonchev–Trinajstić information content (AvgIpc) is 3.04. The van der Waals surface area contributed by atoms with Gasteiger partial charge < -0.3 is 10.4 Å². The van der Waals surface area contributed by atoms with Crippen molar-refractivity contribution < 1.29 is 14.7 Å². The number of carboxylic acid groups (broad SMARTS) is 1. The van der Waals surface area contributed by atoms with Crippen molar-refractivity contribution in [1.82, 2.24) is 0 Å². The zero-order chi connectivity index (χ0) is 15.1. The van der Waals surface area contributed by atoms with E-state index in [1.54, 1.807) is 18.2 Å². The van der Waals surface area contributed by atoms with Crippen molar-refractivity contribution in [2.45, 2.75) is 6.42 Å². The van der Waals surface area contributed by atoms with Crippen LogP contribution < -0.4 is 5.32 Å². The standard InChI is InChI=1S/C15H13Cl2NO3/c16-9-2-1-3-10(13(9)17)18-14(19)11-7-4-5-8(6-7)12(11)15(20)21/h1-5,7-8,11-12H,6H2,(H,18,19)(H,20,21)/t7-,8+,11-,12+/m1/s1. The van der Waals surface area contributed by atoms with Crippen molar-refractivity contribution in [3.63, 3.8) is 0 Å². The number of allylic oxidation sites excluding steroid dienone is 2. The van der Waals surface area contributed by atoms with Gasteiger partial charge in [0.15, 0.2) is 0 Å². The molecule has 2 N–H and O–H groups in total. The highest BCUT2D eigenvalue weighted by Crippen LogP contribution is 2.48. The minimum Gasteiger partial charge on any atom is -0.481 e. The van der Waals surface area contributed by atoms with Crippen LogP contribution in [0.4, 0.5) is 5.69 Å². The first-order chi connectivity index (χ1) is 9.99. The molecule has 21 heavy (non-hydrogen) atoms. The van der Waals surface area contributed by atoms with E-state index in [9.17, 15) is 14.7 Å². The van der Waals surface area contributed by atoms with Gasteiger partial charge in [0.1, 0.15) is 0 Å². The molecule has 0 aromatic heterocycles. The highest BCUT2D eigenvalue weighted by atomic mass is 35.5. The number of carbonyl (C=O) groups excluding carboxylic acids is 1.